The molecular weight excluding hydrogens is 263 g/mol. The Morgan fingerprint density at radius 3 is 2.88 bits per heavy atom. The minimum atomic E-state index is -0.413. The van der Waals surface area contributed by atoms with Gasteiger partial charge in [0.15, 0.2) is 0 Å². The van der Waals surface area contributed by atoms with E-state index in [9.17, 15) is 4.79 Å². The summed E-state index contributed by atoms with van der Waals surface area (Å²) in [7, 11) is 0. The first-order valence-electron chi connectivity index (χ1n) is 5.22. The van der Waals surface area contributed by atoms with E-state index in [0.29, 0.717) is 12.4 Å². The summed E-state index contributed by atoms with van der Waals surface area (Å²) in [6.07, 6.45) is 0.797. The monoisotopic (exact) mass is 274 g/mol. The van der Waals surface area contributed by atoms with Crippen LogP contribution in [0.25, 0.3) is 0 Å². The van der Waals surface area contributed by atoms with Gasteiger partial charge in [0.05, 0.1) is 5.41 Å². The van der Waals surface area contributed by atoms with E-state index in [2.05, 4.69) is 20.6 Å². The first kappa shape index (κ1) is 12.5. The third-order valence-corrected chi connectivity index (χ3v) is 3.19. The molecule has 1 atom stereocenters. The van der Waals surface area contributed by atoms with Crippen molar-refractivity contribution in [3.8, 4) is 0 Å². The fourth-order valence-corrected chi connectivity index (χ4v) is 2.14. The summed E-state index contributed by atoms with van der Waals surface area (Å²) in [5.74, 6) is 0.237. The van der Waals surface area contributed by atoms with E-state index in [-0.39, 0.29) is 16.3 Å². The van der Waals surface area contributed by atoms with Crippen molar-refractivity contribution in [3.63, 3.8) is 0 Å². The van der Waals surface area contributed by atoms with Gasteiger partial charge < -0.3 is 10.6 Å². The Kier molecular flexibility index (Phi) is 3.51. The molecule has 0 radical (unpaired) electrons. The largest absolute Gasteiger partial charge is 0.316 e. The number of nitrogens with zero attached hydrogens (tertiary/aromatic N) is 2. The van der Waals surface area contributed by atoms with Gasteiger partial charge >= 0.3 is 0 Å². The second-order valence-electron chi connectivity index (χ2n) is 4.29. The Hall–Kier alpha value is -0.910. The van der Waals surface area contributed by atoms with E-state index in [1.165, 1.54) is 6.07 Å². The van der Waals surface area contributed by atoms with Crippen LogP contribution in [0.2, 0.25) is 10.4 Å². The number of halogens is 2. The van der Waals surface area contributed by atoms with Crippen molar-refractivity contribution < 1.29 is 4.79 Å². The van der Waals surface area contributed by atoms with Gasteiger partial charge in [0.25, 0.3) is 0 Å². The number of nitrogens with one attached hydrogen (secondary N) is 2. The fraction of sp³-hybridized carbons (Fsp3) is 0.500. The number of rotatable bonds is 2. The van der Waals surface area contributed by atoms with E-state index in [1.54, 1.807) is 0 Å². The molecule has 2 N–H and O–H groups in total. The average Bonchev–Trinajstić information content (AvgIpc) is 2.64. The number of carbonyl (C=O) groups is 1. The lowest BCUT2D eigenvalue weighted by Gasteiger charge is -2.21. The maximum absolute atomic E-state index is 12.1. The van der Waals surface area contributed by atoms with Crippen LogP contribution in [-0.4, -0.2) is 29.0 Å². The molecular formula is C10H12Cl2N4O. The van der Waals surface area contributed by atoms with Crippen molar-refractivity contribution in [1.29, 1.82) is 0 Å². The SMILES string of the molecule is CC1(C(=O)Nc2cc(Cl)nc(Cl)n2)CCNC1. The summed E-state index contributed by atoms with van der Waals surface area (Å²) in [4.78, 5) is 19.7. The van der Waals surface area contributed by atoms with E-state index >= 15 is 0 Å². The molecule has 7 heteroatoms. The highest BCUT2D eigenvalue weighted by molar-refractivity contribution is 6.32. The van der Waals surface area contributed by atoms with Crippen molar-refractivity contribution in [3.05, 3.63) is 16.5 Å². The number of aromatic nitrogens is 2. The number of hydrogen-bond acceptors (Lipinski definition) is 4. The predicted octanol–water partition coefficient (Wildman–Crippen LogP) is 1.72. The van der Waals surface area contributed by atoms with Crippen molar-refractivity contribution in [1.82, 2.24) is 15.3 Å². The normalized spacial score (nSPS) is 23.7. The van der Waals surface area contributed by atoms with Gasteiger partial charge in [-0.3, -0.25) is 4.79 Å². The fourth-order valence-electron chi connectivity index (χ4n) is 1.73. The van der Waals surface area contributed by atoms with Gasteiger partial charge in [0, 0.05) is 12.6 Å². The van der Waals surface area contributed by atoms with Gasteiger partial charge in [0.1, 0.15) is 11.0 Å². The molecule has 17 heavy (non-hydrogen) atoms. The van der Waals surface area contributed by atoms with Crippen molar-refractivity contribution in [2.75, 3.05) is 18.4 Å². The van der Waals surface area contributed by atoms with E-state index in [1.807, 2.05) is 6.92 Å². The smallest absolute Gasteiger partial charge is 0.232 e. The van der Waals surface area contributed by atoms with Gasteiger partial charge in [-0.15, -0.1) is 0 Å². The molecule has 92 valence electrons. The van der Waals surface area contributed by atoms with Gasteiger partial charge in [-0.05, 0) is 31.5 Å². The number of amides is 1. The Morgan fingerprint density at radius 2 is 2.29 bits per heavy atom. The summed E-state index contributed by atoms with van der Waals surface area (Å²) in [5, 5.41) is 6.08. The third kappa shape index (κ3) is 2.86. The zero-order chi connectivity index (χ0) is 12.5. The van der Waals surface area contributed by atoms with Crippen molar-refractivity contribution >= 4 is 34.9 Å². The summed E-state index contributed by atoms with van der Waals surface area (Å²) >= 11 is 11.4. The van der Waals surface area contributed by atoms with E-state index in [4.69, 9.17) is 23.2 Å². The van der Waals surface area contributed by atoms with Crippen LogP contribution in [0.15, 0.2) is 6.07 Å². The first-order chi connectivity index (χ1) is 7.99. The van der Waals surface area contributed by atoms with Crippen LogP contribution in [0.1, 0.15) is 13.3 Å². The number of carbonyl (C=O) groups excluding carboxylic acids is 1. The second-order valence-corrected chi connectivity index (χ2v) is 5.01. The Labute approximate surface area is 109 Å². The van der Waals surface area contributed by atoms with Crippen LogP contribution in [0.3, 0.4) is 0 Å². The molecule has 0 aromatic carbocycles. The van der Waals surface area contributed by atoms with Crippen LogP contribution in [0, 0.1) is 5.41 Å². The number of anilines is 1. The lowest BCUT2D eigenvalue weighted by molar-refractivity contribution is -0.123. The summed E-state index contributed by atoms with van der Waals surface area (Å²) in [6.45, 7) is 3.41. The zero-order valence-electron chi connectivity index (χ0n) is 9.26. The Balaban J connectivity index is 2.12. The van der Waals surface area contributed by atoms with Crippen LogP contribution in [0.4, 0.5) is 5.82 Å². The quantitative estimate of drug-likeness (QED) is 0.637. The number of hydrogen-bond donors (Lipinski definition) is 2. The van der Waals surface area contributed by atoms with Gasteiger partial charge in [0.2, 0.25) is 11.2 Å². The zero-order valence-corrected chi connectivity index (χ0v) is 10.8. The van der Waals surface area contributed by atoms with Crippen molar-refractivity contribution in [2.45, 2.75) is 13.3 Å². The summed E-state index contributed by atoms with van der Waals surface area (Å²) < 4.78 is 0. The van der Waals surface area contributed by atoms with Crippen LogP contribution in [-0.2, 0) is 4.79 Å². The molecule has 1 saturated heterocycles. The molecule has 1 aromatic rings. The van der Waals surface area contributed by atoms with Gasteiger partial charge in [-0.2, -0.15) is 0 Å². The van der Waals surface area contributed by atoms with Gasteiger partial charge in [-0.25, -0.2) is 9.97 Å². The highest BCUT2D eigenvalue weighted by Gasteiger charge is 2.36. The molecule has 1 amide bonds. The molecule has 0 aliphatic carbocycles. The average molecular weight is 275 g/mol. The molecule has 2 heterocycles. The summed E-state index contributed by atoms with van der Waals surface area (Å²) in [6, 6.07) is 1.47. The standard InChI is InChI=1S/C10H12Cl2N4O/c1-10(2-3-13-5-10)8(17)15-7-4-6(11)14-9(12)16-7/h4,13H,2-3,5H2,1H3,(H,14,15,16,17). The molecule has 1 unspecified atom stereocenters. The maximum Gasteiger partial charge on any atom is 0.232 e. The third-order valence-electron chi connectivity index (χ3n) is 2.83. The van der Waals surface area contributed by atoms with Crippen LogP contribution < -0.4 is 10.6 Å². The first-order valence-corrected chi connectivity index (χ1v) is 5.97. The molecule has 0 bridgehead atoms. The van der Waals surface area contributed by atoms with Crippen LogP contribution >= 0.6 is 23.2 Å². The van der Waals surface area contributed by atoms with Crippen molar-refractivity contribution in [2.24, 2.45) is 5.41 Å². The van der Waals surface area contributed by atoms with Gasteiger partial charge in [-0.1, -0.05) is 11.6 Å². The molecule has 1 aliphatic rings. The molecule has 0 saturated carbocycles. The topological polar surface area (TPSA) is 66.9 Å². The summed E-state index contributed by atoms with van der Waals surface area (Å²) in [5.41, 5.74) is -0.413. The lowest BCUT2D eigenvalue weighted by Crippen LogP contribution is -2.35. The van der Waals surface area contributed by atoms with E-state index < -0.39 is 5.41 Å². The minimum Gasteiger partial charge on any atom is -0.316 e. The molecule has 1 aromatic heterocycles. The lowest BCUT2D eigenvalue weighted by atomic mass is 9.89. The molecule has 5 nitrogen and oxygen atoms in total. The Bertz CT molecular complexity index is 426. The second kappa shape index (κ2) is 4.76. The molecule has 0 spiro atoms. The molecule has 2 rings (SSSR count). The highest BCUT2D eigenvalue weighted by atomic mass is 35.5. The van der Waals surface area contributed by atoms with Crippen LogP contribution in [0.5, 0.6) is 0 Å². The molecule has 1 aliphatic heterocycles. The van der Waals surface area contributed by atoms with E-state index in [0.717, 1.165) is 13.0 Å². The highest BCUT2D eigenvalue weighted by Crippen LogP contribution is 2.26. The predicted molar refractivity (Wildman–Crippen MR) is 66.3 cm³/mol. The maximum atomic E-state index is 12.1. The molecule has 1 fully saturated rings. The minimum absolute atomic E-state index is 0.0162. The Morgan fingerprint density at radius 1 is 1.53 bits per heavy atom.